The van der Waals surface area contributed by atoms with Gasteiger partial charge in [0, 0.05) is 17.5 Å². The van der Waals surface area contributed by atoms with E-state index >= 15 is 0 Å². The highest BCUT2D eigenvalue weighted by molar-refractivity contribution is 5.54. The molecule has 1 aliphatic carbocycles. The van der Waals surface area contributed by atoms with Gasteiger partial charge in [-0.25, -0.2) is 9.97 Å². The van der Waals surface area contributed by atoms with Gasteiger partial charge in [-0.15, -0.1) is 0 Å². The summed E-state index contributed by atoms with van der Waals surface area (Å²) in [6, 6.07) is 0. The number of nitrogens with one attached hydrogen (secondary N) is 1. The lowest BCUT2D eigenvalue weighted by Crippen LogP contribution is -2.36. The van der Waals surface area contributed by atoms with Gasteiger partial charge in [0.1, 0.15) is 17.5 Å². The van der Waals surface area contributed by atoms with Crippen LogP contribution < -0.4 is 11.1 Å². The lowest BCUT2D eigenvalue weighted by Gasteiger charge is -2.36. The molecule has 0 saturated heterocycles. The van der Waals surface area contributed by atoms with Crippen molar-refractivity contribution in [1.29, 1.82) is 0 Å². The Bertz CT molecular complexity index is 441. The number of anilines is 2. The fourth-order valence-electron chi connectivity index (χ4n) is 2.79. The number of hydrogen-bond donors (Lipinski definition) is 3. The Labute approximate surface area is 114 Å². The highest BCUT2D eigenvalue weighted by Gasteiger charge is 2.31. The highest BCUT2D eigenvalue weighted by atomic mass is 16.3. The van der Waals surface area contributed by atoms with Crippen LogP contribution in [-0.2, 0) is 0 Å². The molecule has 0 amide bonds. The molecule has 106 valence electrons. The molecular weight excluding hydrogens is 240 g/mol. The average molecular weight is 264 g/mol. The summed E-state index contributed by atoms with van der Waals surface area (Å²) in [5.74, 6) is 1.99. The molecule has 1 heterocycles. The van der Waals surface area contributed by atoms with Gasteiger partial charge in [0.05, 0.1) is 6.61 Å². The van der Waals surface area contributed by atoms with E-state index in [-0.39, 0.29) is 12.0 Å². The van der Waals surface area contributed by atoms with Crippen LogP contribution in [0, 0.1) is 19.3 Å². The van der Waals surface area contributed by atoms with Crippen LogP contribution >= 0.6 is 0 Å². The molecule has 1 aromatic rings. The van der Waals surface area contributed by atoms with Crippen LogP contribution in [0.15, 0.2) is 0 Å². The second kappa shape index (κ2) is 5.74. The number of aromatic nitrogens is 2. The molecule has 5 heteroatoms. The minimum atomic E-state index is -0.00168. The van der Waals surface area contributed by atoms with Gasteiger partial charge in [-0.3, -0.25) is 0 Å². The van der Waals surface area contributed by atoms with E-state index in [0.29, 0.717) is 11.6 Å². The summed E-state index contributed by atoms with van der Waals surface area (Å²) in [4.78, 5) is 8.54. The standard InChI is InChI=1S/C14H24N4O/c1-10-12(15)17-11(2)18-13(10)16-8-14(9-19)6-4-3-5-7-14/h19H,3-9H2,1-2H3,(H3,15,16,17,18). The molecule has 0 bridgehead atoms. The van der Waals surface area contributed by atoms with Crippen LogP contribution in [0.2, 0.25) is 0 Å². The number of nitrogen functional groups attached to an aromatic ring is 1. The summed E-state index contributed by atoms with van der Waals surface area (Å²) >= 11 is 0. The monoisotopic (exact) mass is 264 g/mol. The van der Waals surface area contributed by atoms with E-state index in [1.807, 2.05) is 13.8 Å². The molecule has 5 nitrogen and oxygen atoms in total. The van der Waals surface area contributed by atoms with Crippen molar-refractivity contribution < 1.29 is 5.11 Å². The lowest BCUT2D eigenvalue weighted by atomic mass is 9.74. The number of aliphatic hydroxyl groups is 1. The van der Waals surface area contributed by atoms with E-state index in [0.717, 1.165) is 30.8 Å². The Kier molecular flexibility index (Phi) is 4.24. The minimum absolute atomic E-state index is 0.00168. The largest absolute Gasteiger partial charge is 0.396 e. The molecule has 0 spiro atoms. The highest BCUT2D eigenvalue weighted by Crippen LogP contribution is 2.36. The predicted molar refractivity (Wildman–Crippen MR) is 77.0 cm³/mol. The summed E-state index contributed by atoms with van der Waals surface area (Å²) in [5, 5.41) is 13.1. The van der Waals surface area contributed by atoms with Gasteiger partial charge in [0.2, 0.25) is 0 Å². The van der Waals surface area contributed by atoms with Crippen LogP contribution in [-0.4, -0.2) is 28.2 Å². The fourth-order valence-corrected chi connectivity index (χ4v) is 2.79. The SMILES string of the molecule is Cc1nc(N)c(C)c(NCC2(CO)CCCCC2)n1. The third-order valence-corrected chi connectivity index (χ3v) is 4.18. The topological polar surface area (TPSA) is 84.1 Å². The number of aryl methyl sites for hydroxylation is 1. The minimum Gasteiger partial charge on any atom is -0.396 e. The van der Waals surface area contributed by atoms with Crippen LogP contribution in [0.1, 0.15) is 43.5 Å². The molecule has 19 heavy (non-hydrogen) atoms. The van der Waals surface area contributed by atoms with E-state index < -0.39 is 0 Å². The maximum absolute atomic E-state index is 9.70. The third kappa shape index (κ3) is 3.15. The molecule has 1 aromatic heterocycles. The van der Waals surface area contributed by atoms with Gasteiger partial charge < -0.3 is 16.2 Å². The van der Waals surface area contributed by atoms with Crippen LogP contribution in [0.4, 0.5) is 11.6 Å². The van der Waals surface area contributed by atoms with Gasteiger partial charge in [-0.1, -0.05) is 19.3 Å². The third-order valence-electron chi connectivity index (χ3n) is 4.18. The molecule has 0 atom stereocenters. The van der Waals surface area contributed by atoms with Crippen molar-refractivity contribution in [3.8, 4) is 0 Å². The summed E-state index contributed by atoms with van der Waals surface area (Å²) in [6.07, 6.45) is 5.84. The summed E-state index contributed by atoms with van der Waals surface area (Å²) in [5.41, 5.74) is 6.74. The molecule has 4 N–H and O–H groups in total. The quantitative estimate of drug-likeness (QED) is 0.775. The Morgan fingerprint density at radius 1 is 1.21 bits per heavy atom. The van der Waals surface area contributed by atoms with Crippen LogP contribution in [0.5, 0.6) is 0 Å². The zero-order chi connectivity index (χ0) is 13.9. The summed E-state index contributed by atoms with van der Waals surface area (Å²) in [7, 11) is 0. The van der Waals surface area contributed by atoms with E-state index in [2.05, 4.69) is 15.3 Å². The van der Waals surface area contributed by atoms with Crippen molar-refractivity contribution >= 4 is 11.6 Å². The Hall–Kier alpha value is -1.36. The van der Waals surface area contributed by atoms with Crippen LogP contribution in [0.25, 0.3) is 0 Å². The molecule has 1 saturated carbocycles. The molecule has 0 aromatic carbocycles. The molecule has 2 rings (SSSR count). The van der Waals surface area contributed by atoms with Crippen molar-refractivity contribution in [3.05, 3.63) is 11.4 Å². The molecule has 1 fully saturated rings. The predicted octanol–water partition coefficient (Wildman–Crippen LogP) is 2.03. The second-order valence-corrected chi connectivity index (χ2v) is 5.70. The molecule has 0 radical (unpaired) electrons. The molecule has 0 unspecified atom stereocenters. The number of hydrogen-bond acceptors (Lipinski definition) is 5. The van der Waals surface area contributed by atoms with Crippen LogP contribution in [0.3, 0.4) is 0 Å². The van der Waals surface area contributed by atoms with E-state index in [9.17, 15) is 5.11 Å². The Balaban J connectivity index is 2.09. The first-order chi connectivity index (χ1) is 9.06. The van der Waals surface area contributed by atoms with Gasteiger partial charge in [-0.05, 0) is 26.7 Å². The number of aliphatic hydroxyl groups excluding tert-OH is 1. The first kappa shape index (κ1) is 14.1. The first-order valence-corrected chi connectivity index (χ1v) is 7.02. The summed E-state index contributed by atoms with van der Waals surface area (Å²) < 4.78 is 0. The fraction of sp³-hybridized carbons (Fsp3) is 0.714. The van der Waals surface area contributed by atoms with Gasteiger partial charge in [-0.2, -0.15) is 0 Å². The Morgan fingerprint density at radius 2 is 1.89 bits per heavy atom. The van der Waals surface area contributed by atoms with Gasteiger partial charge in [0.25, 0.3) is 0 Å². The second-order valence-electron chi connectivity index (χ2n) is 5.70. The maximum atomic E-state index is 9.70. The normalized spacial score (nSPS) is 18.3. The van der Waals surface area contributed by atoms with Gasteiger partial charge in [0.15, 0.2) is 0 Å². The molecule has 1 aliphatic rings. The zero-order valence-corrected chi connectivity index (χ0v) is 11.9. The van der Waals surface area contributed by atoms with Crippen molar-refractivity contribution in [3.63, 3.8) is 0 Å². The molecule has 0 aliphatic heterocycles. The number of rotatable bonds is 4. The van der Waals surface area contributed by atoms with E-state index in [1.54, 1.807) is 0 Å². The van der Waals surface area contributed by atoms with Gasteiger partial charge >= 0.3 is 0 Å². The van der Waals surface area contributed by atoms with E-state index in [4.69, 9.17) is 5.73 Å². The Morgan fingerprint density at radius 3 is 2.53 bits per heavy atom. The summed E-state index contributed by atoms with van der Waals surface area (Å²) in [6.45, 7) is 4.74. The van der Waals surface area contributed by atoms with Crippen molar-refractivity contribution in [2.75, 3.05) is 24.2 Å². The van der Waals surface area contributed by atoms with E-state index in [1.165, 1.54) is 19.3 Å². The first-order valence-electron chi connectivity index (χ1n) is 7.02. The maximum Gasteiger partial charge on any atom is 0.134 e. The van der Waals surface area contributed by atoms with Crippen molar-refractivity contribution in [1.82, 2.24) is 9.97 Å². The lowest BCUT2D eigenvalue weighted by molar-refractivity contribution is 0.0943. The number of nitrogens with two attached hydrogens (primary N) is 1. The smallest absolute Gasteiger partial charge is 0.134 e. The van der Waals surface area contributed by atoms with Crippen molar-refractivity contribution in [2.45, 2.75) is 46.0 Å². The zero-order valence-electron chi connectivity index (χ0n) is 11.9. The molecular formula is C14H24N4O. The number of nitrogens with zero attached hydrogens (tertiary/aromatic N) is 2. The van der Waals surface area contributed by atoms with Crippen molar-refractivity contribution in [2.24, 2.45) is 5.41 Å². The average Bonchev–Trinajstić information content (AvgIpc) is 2.42.